The first-order chi connectivity index (χ1) is 24.0. The molecule has 4 fully saturated rings. The van der Waals surface area contributed by atoms with Gasteiger partial charge in [0, 0.05) is 69.8 Å². The number of terminal acetylenes is 1. The number of carbonyl (C=O) groups is 1. The van der Waals surface area contributed by atoms with Crippen molar-refractivity contribution in [2.24, 2.45) is 0 Å². The molecule has 4 saturated heterocycles. The average Bonchev–Trinajstić information content (AvgIpc) is 3.71. The van der Waals surface area contributed by atoms with Crippen molar-refractivity contribution < 1.29 is 27.8 Å². The molecule has 2 aromatic carbocycles. The number of alkyl halides is 1. The second-order valence-electron chi connectivity index (χ2n) is 14.5. The Balaban J connectivity index is 1.26. The van der Waals surface area contributed by atoms with Gasteiger partial charge < -0.3 is 25.0 Å². The molecule has 13 heteroatoms. The smallest absolute Gasteiger partial charge is 0.319 e. The second kappa shape index (κ2) is 12.0. The lowest BCUT2D eigenvalue weighted by Gasteiger charge is -2.43. The molecule has 6 heterocycles. The van der Waals surface area contributed by atoms with Crippen LogP contribution in [0, 0.1) is 24.0 Å². The number of aromatic nitrogens is 3. The molecule has 260 valence electrons. The number of likely N-dealkylation sites (N-methyl/N-ethyl adjacent to an activating group) is 1. The van der Waals surface area contributed by atoms with Crippen molar-refractivity contribution in [2.75, 3.05) is 51.3 Å². The number of fused-ring (bicyclic) bond motifs is 5. The van der Waals surface area contributed by atoms with Crippen LogP contribution >= 0.6 is 0 Å². The fraction of sp³-hybridized carbons (Fsp3) is 0.459. The number of pyridine rings is 1. The minimum atomic E-state index is -0.950. The van der Waals surface area contributed by atoms with Gasteiger partial charge in [0.25, 0.3) is 0 Å². The SMILES string of the molecule is C#Cc1c(F)ccc2cc(O)cc(-c3ncc4c(N5CC6CCC(CN(C)C(C)=O)(C5)N6)nc(OC[C@@]56CCCN5C[C@H](F)C6)nc4c3F)c12. The monoisotopic (exact) mass is 685 g/mol. The first-order valence-corrected chi connectivity index (χ1v) is 17.0. The molecule has 0 saturated carbocycles. The second-order valence-corrected chi connectivity index (χ2v) is 14.5. The molecular weight excluding hydrogens is 647 g/mol. The maximum Gasteiger partial charge on any atom is 0.319 e. The highest BCUT2D eigenvalue weighted by atomic mass is 19.1. The number of carbonyl (C=O) groups excluding carboxylic acids is 1. The van der Waals surface area contributed by atoms with Crippen LogP contribution in [0.15, 0.2) is 30.5 Å². The normalized spacial score (nSPS) is 26.0. The van der Waals surface area contributed by atoms with Crippen molar-refractivity contribution in [2.45, 2.75) is 62.3 Å². The van der Waals surface area contributed by atoms with Crippen LogP contribution in [0.1, 0.15) is 44.6 Å². The lowest BCUT2D eigenvalue weighted by atomic mass is 9.95. The molecule has 0 aliphatic carbocycles. The van der Waals surface area contributed by atoms with Crippen molar-refractivity contribution in [1.82, 2.24) is 30.1 Å². The first-order valence-electron chi connectivity index (χ1n) is 17.0. The summed E-state index contributed by atoms with van der Waals surface area (Å²) in [7, 11) is 1.77. The molecule has 8 rings (SSSR count). The minimum Gasteiger partial charge on any atom is -0.508 e. The third-order valence-corrected chi connectivity index (χ3v) is 11.1. The summed E-state index contributed by atoms with van der Waals surface area (Å²) in [6.45, 7) is 4.37. The highest BCUT2D eigenvalue weighted by molar-refractivity contribution is 6.03. The fourth-order valence-corrected chi connectivity index (χ4v) is 8.80. The van der Waals surface area contributed by atoms with E-state index in [4.69, 9.17) is 16.1 Å². The maximum atomic E-state index is 17.0. The van der Waals surface area contributed by atoms with Crippen LogP contribution in [-0.2, 0) is 4.79 Å². The van der Waals surface area contributed by atoms with Gasteiger partial charge in [-0.1, -0.05) is 12.0 Å². The number of rotatable bonds is 7. The van der Waals surface area contributed by atoms with Crippen LogP contribution < -0.4 is 15.0 Å². The minimum absolute atomic E-state index is 0.0427. The summed E-state index contributed by atoms with van der Waals surface area (Å²) in [6.07, 6.45) is 10.0. The Bertz CT molecular complexity index is 2090. The third kappa shape index (κ3) is 5.36. The topological polar surface area (TPSA) is 107 Å². The van der Waals surface area contributed by atoms with Crippen LogP contribution in [0.3, 0.4) is 0 Å². The highest BCUT2D eigenvalue weighted by Crippen LogP contribution is 2.42. The Morgan fingerprint density at radius 3 is 2.88 bits per heavy atom. The zero-order chi connectivity index (χ0) is 34.9. The van der Waals surface area contributed by atoms with Gasteiger partial charge in [-0.2, -0.15) is 9.97 Å². The lowest BCUT2D eigenvalue weighted by Crippen LogP contribution is -2.64. The number of phenolic OH excluding ortho intramolecular Hbond substituents is 1. The molecule has 0 spiro atoms. The molecular formula is C37H38F3N7O3. The predicted octanol–water partition coefficient (Wildman–Crippen LogP) is 4.55. The predicted molar refractivity (Wildman–Crippen MR) is 183 cm³/mol. The van der Waals surface area contributed by atoms with E-state index in [1.165, 1.54) is 37.4 Å². The number of ether oxygens (including phenoxy) is 1. The fourth-order valence-electron chi connectivity index (χ4n) is 8.80. The first kappa shape index (κ1) is 32.5. The summed E-state index contributed by atoms with van der Waals surface area (Å²) in [5.41, 5.74) is -1.10. The molecule has 4 aliphatic rings. The quantitative estimate of drug-likeness (QED) is 0.271. The number of nitrogens with zero attached hydrogens (tertiary/aromatic N) is 6. The Labute approximate surface area is 287 Å². The van der Waals surface area contributed by atoms with E-state index >= 15 is 4.39 Å². The average molecular weight is 686 g/mol. The Hall–Kier alpha value is -4.67. The molecule has 4 atom stereocenters. The summed E-state index contributed by atoms with van der Waals surface area (Å²) < 4.78 is 52.8. The number of aromatic hydroxyl groups is 1. The molecule has 4 aliphatic heterocycles. The molecule has 50 heavy (non-hydrogen) atoms. The maximum absolute atomic E-state index is 17.0. The number of amides is 1. The number of hydrogen-bond donors (Lipinski definition) is 2. The van der Waals surface area contributed by atoms with Gasteiger partial charge in [0.2, 0.25) is 5.91 Å². The molecule has 2 unspecified atom stereocenters. The van der Waals surface area contributed by atoms with Crippen LogP contribution in [0.25, 0.3) is 32.9 Å². The Morgan fingerprint density at radius 2 is 2.08 bits per heavy atom. The van der Waals surface area contributed by atoms with E-state index in [1.807, 2.05) is 0 Å². The largest absolute Gasteiger partial charge is 0.508 e. The number of hydrogen-bond acceptors (Lipinski definition) is 9. The van der Waals surface area contributed by atoms with Gasteiger partial charge in [-0.3, -0.25) is 14.7 Å². The Kier molecular flexibility index (Phi) is 7.80. The number of piperazine rings is 1. The van der Waals surface area contributed by atoms with Crippen molar-refractivity contribution >= 4 is 33.4 Å². The van der Waals surface area contributed by atoms with E-state index in [-0.39, 0.29) is 58.0 Å². The van der Waals surface area contributed by atoms with E-state index in [0.717, 1.165) is 32.2 Å². The third-order valence-electron chi connectivity index (χ3n) is 11.1. The summed E-state index contributed by atoms with van der Waals surface area (Å²) in [6, 6.07) is 5.47. The highest BCUT2D eigenvalue weighted by Gasteiger charge is 2.50. The van der Waals surface area contributed by atoms with Crippen LogP contribution in [0.5, 0.6) is 11.8 Å². The van der Waals surface area contributed by atoms with E-state index in [2.05, 4.69) is 31.0 Å². The number of nitrogens with one attached hydrogen (secondary N) is 1. The van der Waals surface area contributed by atoms with Crippen molar-refractivity contribution in [3.05, 3.63) is 47.7 Å². The standard InChI is InChI=1S/C37H38F3N7O3/c1-4-26-29(39)7-6-22-12-25(49)13-27(30(22)26)32-31(40)33-28(15-41-32)34(46-17-24-8-10-36(19-46,44-24)18-45(3)21(2)48)43-35(42-33)50-20-37-9-5-11-47(37)16-23(38)14-37/h1,6-7,12-13,15,23-24,44,49H,5,8-11,14,16-20H2,2-3H3/t23-,24?,36?,37+/m1/s1. The zero-order valence-electron chi connectivity index (χ0n) is 28.0. The van der Waals surface area contributed by atoms with Crippen LogP contribution in [-0.4, -0.2) is 105 Å². The van der Waals surface area contributed by atoms with Gasteiger partial charge in [-0.15, -0.1) is 6.42 Å². The van der Waals surface area contributed by atoms with Gasteiger partial charge >= 0.3 is 6.01 Å². The molecule has 10 nitrogen and oxygen atoms in total. The summed E-state index contributed by atoms with van der Waals surface area (Å²) in [4.78, 5) is 32.1. The van der Waals surface area contributed by atoms with Gasteiger partial charge in [0.05, 0.1) is 22.0 Å². The number of benzene rings is 2. The van der Waals surface area contributed by atoms with E-state index in [0.29, 0.717) is 49.2 Å². The molecule has 0 radical (unpaired) electrons. The van der Waals surface area contributed by atoms with Crippen LogP contribution in [0.4, 0.5) is 19.0 Å². The van der Waals surface area contributed by atoms with E-state index < -0.39 is 28.9 Å². The molecule has 2 aromatic heterocycles. The van der Waals surface area contributed by atoms with Gasteiger partial charge in [0.1, 0.15) is 41.4 Å². The lowest BCUT2D eigenvalue weighted by molar-refractivity contribution is -0.128. The summed E-state index contributed by atoms with van der Waals surface area (Å²) in [5, 5.41) is 15.3. The van der Waals surface area contributed by atoms with Crippen molar-refractivity contribution in [3.63, 3.8) is 0 Å². The van der Waals surface area contributed by atoms with Crippen molar-refractivity contribution in [1.29, 1.82) is 0 Å². The van der Waals surface area contributed by atoms with Crippen LogP contribution in [0.2, 0.25) is 0 Å². The Morgan fingerprint density at radius 1 is 1.24 bits per heavy atom. The zero-order valence-corrected chi connectivity index (χ0v) is 28.0. The summed E-state index contributed by atoms with van der Waals surface area (Å²) in [5.74, 6) is 1.11. The van der Waals surface area contributed by atoms with Crippen molar-refractivity contribution in [3.8, 4) is 35.4 Å². The van der Waals surface area contributed by atoms with E-state index in [1.54, 1.807) is 11.9 Å². The molecule has 4 aromatic rings. The van der Waals surface area contributed by atoms with Gasteiger partial charge in [-0.25, -0.2) is 13.2 Å². The summed E-state index contributed by atoms with van der Waals surface area (Å²) >= 11 is 0. The molecule has 2 N–H and O–H groups in total. The van der Waals surface area contributed by atoms with Gasteiger partial charge in [0.15, 0.2) is 5.82 Å². The number of phenols is 1. The number of anilines is 1. The molecule has 1 amide bonds. The van der Waals surface area contributed by atoms with Gasteiger partial charge in [-0.05, 0) is 55.8 Å². The molecule has 2 bridgehead atoms. The number of halogens is 3. The van der Waals surface area contributed by atoms with E-state index in [9.17, 15) is 18.7 Å².